The molecule has 0 atom stereocenters. The second-order valence-corrected chi connectivity index (χ2v) is 19.6. The van der Waals surface area contributed by atoms with E-state index < -0.39 is 5.41 Å². The molecule has 0 N–H and O–H groups in total. The third-order valence-corrected chi connectivity index (χ3v) is 15.5. The van der Waals surface area contributed by atoms with Gasteiger partial charge in [0, 0.05) is 27.6 Å². The van der Waals surface area contributed by atoms with Crippen molar-refractivity contribution in [2.24, 2.45) is 0 Å². The average Bonchev–Trinajstić information content (AvgIpc) is 3.90. The van der Waals surface area contributed by atoms with Gasteiger partial charge in [-0.3, -0.25) is 0 Å². The molecule has 0 amide bonds. The van der Waals surface area contributed by atoms with Gasteiger partial charge in [0.05, 0.1) is 16.8 Å². The Balaban J connectivity index is 1.09. The van der Waals surface area contributed by atoms with Gasteiger partial charge in [-0.2, -0.15) is 0 Å². The molecule has 0 radical (unpaired) electrons. The van der Waals surface area contributed by atoms with Crippen LogP contribution in [0.1, 0.15) is 72.2 Å². The van der Waals surface area contributed by atoms with Crippen molar-refractivity contribution < 1.29 is 0 Å². The molecule has 10 aromatic carbocycles. The van der Waals surface area contributed by atoms with Gasteiger partial charge >= 0.3 is 0 Å². The Bertz CT molecular complexity index is 3540. The summed E-state index contributed by atoms with van der Waals surface area (Å²) < 4.78 is 0. The molecule has 0 bridgehead atoms. The smallest absolute Gasteiger partial charge is 0.0714 e. The molecule has 3 aliphatic carbocycles. The molecule has 0 aromatic heterocycles. The average molecular weight is 844 g/mol. The largest absolute Gasteiger partial charge is 0.309 e. The number of hydrogen-bond donors (Lipinski definition) is 0. The third kappa shape index (κ3) is 5.23. The first kappa shape index (κ1) is 38.7. The van der Waals surface area contributed by atoms with Gasteiger partial charge in [-0.25, -0.2) is 0 Å². The third-order valence-electron chi connectivity index (χ3n) is 15.5. The zero-order chi connectivity index (χ0) is 44.4. The predicted octanol–water partition coefficient (Wildman–Crippen LogP) is 17.0. The van der Waals surface area contributed by atoms with Crippen LogP contribution in [0.2, 0.25) is 0 Å². The SMILES string of the molecule is CC1(C)c2ccccc2-c2ccc(-c3ccc(N(c4cccc5c4-c4ccccc4C5(c4ccccc4)c4ccccc4)c4cc5ccccc5c5c4-c4ccccc4C5(C)C)cc3)cc21. The van der Waals surface area contributed by atoms with Gasteiger partial charge in [0.1, 0.15) is 0 Å². The molecule has 1 nitrogen and oxygen atoms in total. The van der Waals surface area contributed by atoms with Gasteiger partial charge in [0.2, 0.25) is 0 Å². The van der Waals surface area contributed by atoms with Crippen molar-refractivity contribution in [2.45, 2.75) is 43.9 Å². The number of anilines is 3. The van der Waals surface area contributed by atoms with E-state index >= 15 is 0 Å². The molecule has 0 fully saturated rings. The topological polar surface area (TPSA) is 3.24 Å². The lowest BCUT2D eigenvalue weighted by molar-refractivity contribution is 0.660. The van der Waals surface area contributed by atoms with E-state index in [0.717, 1.165) is 11.4 Å². The Kier molecular flexibility index (Phi) is 8.28. The Morgan fingerprint density at radius 1 is 0.333 bits per heavy atom. The van der Waals surface area contributed by atoms with Crippen LogP contribution in [-0.2, 0) is 16.2 Å². The molecule has 0 aliphatic heterocycles. The van der Waals surface area contributed by atoms with E-state index in [-0.39, 0.29) is 10.8 Å². The first-order chi connectivity index (χ1) is 32.3. The first-order valence-electron chi connectivity index (χ1n) is 23.4. The number of benzene rings is 10. The summed E-state index contributed by atoms with van der Waals surface area (Å²) in [6.07, 6.45) is 0. The minimum absolute atomic E-state index is 0.0715. The predicted molar refractivity (Wildman–Crippen MR) is 276 cm³/mol. The summed E-state index contributed by atoms with van der Waals surface area (Å²) in [5, 5.41) is 2.55. The van der Waals surface area contributed by atoms with Crippen molar-refractivity contribution in [3.05, 3.63) is 269 Å². The van der Waals surface area contributed by atoms with Gasteiger partial charge in [0.25, 0.3) is 0 Å². The number of rotatable bonds is 6. The van der Waals surface area contributed by atoms with Crippen LogP contribution >= 0.6 is 0 Å². The fraction of sp³-hybridized carbons (Fsp3) is 0.108. The Hall–Kier alpha value is -7.74. The van der Waals surface area contributed by atoms with Crippen molar-refractivity contribution in [3.8, 4) is 44.5 Å². The first-order valence-corrected chi connectivity index (χ1v) is 23.4. The molecule has 0 heterocycles. The van der Waals surface area contributed by atoms with E-state index in [4.69, 9.17) is 0 Å². The molecule has 3 aliphatic rings. The molecule has 0 saturated heterocycles. The molecular formula is C65H49N. The van der Waals surface area contributed by atoms with E-state index in [2.05, 4.69) is 257 Å². The summed E-state index contributed by atoms with van der Waals surface area (Å²) in [4.78, 5) is 2.59. The van der Waals surface area contributed by atoms with Gasteiger partial charge in [-0.1, -0.05) is 222 Å². The van der Waals surface area contributed by atoms with Crippen LogP contribution in [0.15, 0.2) is 224 Å². The molecule has 1 heteroatoms. The second kappa shape index (κ2) is 14.1. The van der Waals surface area contributed by atoms with Crippen LogP contribution < -0.4 is 4.90 Å². The molecule has 0 saturated carbocycles. The molecule has 314 valence electrons. The summed E-state index contributed by atoms with van der Waals surface area (Å²) in [6.45, 7) is 9.55. The molecular weight excluding hydrogens is 795 g/mol. The van der Waals surface area contributed by atoms with Crippen molar-refractivity contribution >= 4 is 27.8 Å². The van der Waals surface area contributed by atoms with E-state index in [0.29, 0.717) is 0 Å². The van der Waals surface area contributed by atoms with Crippen molar-refractivity contribution in [1.29, 1.82) is 0 Å². The fourth-order valence-electron chi connectivity index (χ4n) is 12.6. The zero-order valence-corrected chi connectivity index (χ0v) is 37.8. The Labute approximate surface area is 388 Å². The maximum absolute atomic E-state index is 2.59. The molecule has 10 aromatic rings. The fourth-order valence-corrected chi connectivity index (χ4v) is 12.6. The van der Waals surface area contributed by atoms with E-state index in [1.807, 2.05) is 0 Å². The van der Waals surface area contributed by atoms with Crippen LogP contribution in [0.4, 0.5) is 17.1 Å². The van der Waals surface area contributed by atoms with E-state index in [1.54, 1.807) is 0 Å². The maximum atomic E-state index is 2.59. The summed E-state index contributed by atoms with van der Waals surface area (Å²) in [5.74, 6) is 0. The second-order valence-electron chi connectivity index (χ2n) is 19.6. The van der Waals surface area contributed by atoms with Crippen molar-refractivity contribution in [3.63, 3.8) is 0 Å². The summed E-state index contributed by atoms with van der Waals surface area (Å²) in [7, 11) is 0. The van der Waals surface area contributed by atoms with Crippen molar-refractivity contribution in [1.82, 2.24) is 0 Å². The maximum Gasteiger partial charge on any atom is 0.0714 e. The molecule has 66 heavy (non-hydrogen) atoms. The van der Waals surface area contributed by atoms with E-state index in [1.165, 1.54) is 105 Å². The van der Waals surface area contributed by atoms with Crippen LogP contribution in [-0.4, -0.2) is 0 Å². The lowest BCUT2D eigenvalue weighted by Gasteiger charge is -2.35. The quantitative estimate of drug-likeness (QED) is 0.161. The summed E-state index contributed by atoms with van der Waals surface area (Å²) in [5.41, 5.74) is 23.6. The number of fused-ring (bicyclic) bond motifs is 11. The van der Waals surface area contributed by atoms with Crippen LogP contribution in [0.3, 0.4) is 0 Å². The normalized spacial score (nSPS) is 15.0. The van der Waals surface area contributed by atoms with Crippen LogP contribution in [0.25, 0.3) is 55.3 Å². The highest BCUT2D eigenvalue weighted by atomic mass is 15.1. The number of hydrogen-bond acceptors (Lipinski definition) is 1. The van der Waals surface area contributed by atoms with Gasteiger partial charge in [-0.15, -0.1) is 0 Å². The Morgan fingerprint density at radius 2 is 0.864 bits per heavy atom. The van der Waals surface area contributed by atoms with Gasteiger partial charge < -0.3 is 4.90 Å². The lowest BCUT2D eigenvalue weighted by atomic mass is 9.68. The number of nitrogens with zero attached hydrogens (tertiary/aromatic N) is 1. The van der Waals surface area contributed by atoms with Crippen molar-refractivity contribution in [2.75, 3.05) is 4.90 Å². The highest BCUT2D eigenvalue weighted by Crippen LogP contribution is 2.62. The molecule has 13 rings (SSSR count). The minimum atomic E-state index is -0.527. The van der Waals surface area contributed by atoms with Gasteiger partial charge in [0.15, 0.2) is 0 Å². The highest BCUT2D eigenvalue weighted by Gasteiger charge is 2.48. The van der Waals surface area contributed by atoms with Crippen LogP contribution in [0, 0.1) is 0 Å². The minimum Gasteiger partial charge on any atom is -0.309 e. The molecule has 0 unspecified atom stereocenters. The van der Waals surface area contributed by atoms with E-state index in [9.17, 15) is 0 Å². The summed E-state index contributed by atoms with van der Waals surface area (Å²) in [6, 6.07) is 84.5. The monoisotopic (exact) mass is 843 g/mol. The summed E-state index contributed by atoms with van der Waals surface area (Å²) >= 11 is 0. The highest BCUT2D eigenvalue weighted by molar-refractivity contribution is 6.08. The lowest BCUT2D eigenvalue weighted by Crippen LogP contribution is -2.28. The van der Waals surface area contributed by atoms with Gasteiger partial charge in [-0.05, 0) is 119 Å². The Morgan fingerprint density at radius 3 is 1.56 bits per heavy atom. The van der Waals surface area contributed by atoms with Crippen LogP contribution in [0.5, 0.6) is 0 Å². The zero-order valence-electron chi connectivity index (χ0n) is 37.8. The standard InChI is InChI=1S/C65H49N/c1-63(2)53-29-16-13-26-49(53)50-39-36-43(40-57(50)63)42-34-37-47(38-35-42)66(59-41-44-20-11-12-25-48(44)62-61(59)51-27-14-17-30-54(51)64(62,3)4)58-33-19-32-56-60(58)52-28-15-18-31-55(52)65(56,45-21-7-5-8-22-45)46-23-9-6-10-24-46/h5-41H,1-4H3. The molecule has 0 spiro atoms.